The quantitative estimate of drug-likeness (QED) is 0.558. The second-order valence-corrected chi connectivity index (χ2v) is 6.94. The number of halogens is 4. The number of carbonyl (C=O) groups excluding carboxylic acids is 1. The Morgan fingerprint density at radius 3 is 2.44 bits per heavy atom. The monoisotopic (exact) mass is 395 g/mol. The van der Waals surface area contributed by atoms with Crippen LogP contribution in [-0.4, -0.2) is 36.4 Å². The highest BCUT2D eigenvalue weighted by Crippen LogP contribution is 2.24. The summed E-state index contributed by atoms with van der Waals surface area (Å²) < 4.78 is 58.1. The van der Waals surface area contributed by atoms with Gasteiger partial charge in [-0.05, 0) is 37.0 Å². The molecule has 0 fully saturated rings. The summed E-state index contributed by atoms with van der Waals surface area (Å²) in [7, 11) is 0. The van der Waals surface area contributed by atoms with Gasteiger partial charge in [0.1, 0.15) is 5.75 Å². The first-order valence-electron chi connectivity index (χ1n) is 8.45. The van der Waals surface area contributed by atoms with Crippen molar-refractivity contribution in [1.29, 1.82) is 0 Å². The van der Waals surface area contributed by atoms with Gasteiger partial charge < -0.3 is 19.9 Å². The number of ether oxygens (including phenoxy) is 2. The van der Waals surface area contributed by atoms with Crippen LogP contribution < -0.4 is 10.1 Å². The standard InChI is InChI=1S/C18H25F4NO4/c1-11(2)8-18(3,25)9-15(24)23-14(10-26-16(19)20)12-5-4-6-13(7-12)27-17(21)22/h4-7,11,14,16-17,25H,8-10H2,1-3H3,(H,23,24)/t14-,18-/m0/s1. The summed E-state index contributed by atoms with van der Waals surface area (Å²) in [6.45, 7) is -1.40. The van der Waals surface area contributed by atoms with Gasteiger partial charge >= 0.3 is 13.2 Å². The number of nitrogens with one attached hydrogen (secondary N) is 1. The van der Waals surface area contributed by atoms with E-state index in [1.54, 1.807) is 0 Å². The molecule has 2 N–H and O–H groups in total. The molecule has 0 unspecified atom stereocenters. The number of alkyl halides is 4. The smallest absolute Gasteiger partial charge is 0.387 e. The molecule has 1 aromatic rings. The third-order valence-electron chi connectivity index (χ3n) is 3.60. The van der Waals surface area contributed by atoms with E-state index in [2.05, 4.69) is 14.8 Å². The first kappa shape index (κ1) is 23.2. The average molecular weight is 395 g/mol. The maximum absolute atomic E-state index is 12.4. The first-order chi connectivity index (χ1) is 12.5. The van der Waals surface area contributed by atoms with Crippen molar-refractivity contribution in [2.75, 3.05) is 6.61 Å². The maximum Gasteiger partial charge on any atom is 0.387 e. The van der Waals surface area contributed by atoms with Gasteiger partial charge in [0, 0.05) is 0 Å². The summed E-state index contributed by atoms with van der Waals surface area (Å²) in [4.78, 5) is 12.3. The molecule has 9 heteroatoms. The van der Waals surface area contributed by atoms with Crippen LogP contribution in [0.5, 0.6) is 5.75 Å². The van der Waals surface area contributed by atoms with E-state index in [0.717, 1.165) is 0 Å². The Balaban J connectivity index is 2.89. The van der Waals surface area contributed by atoms with Crippen LogP contribution in [-0.2, 0) is 9.53 Å². The minimum atomic E-state index is -3.06. The van der Waals surface area contributed by atoms with E-state index in [4.69, 9.17) is 0 Å². The van der Waals surface area contributed by atoms with E-state index in [1.807, 2.05) is 13.8 Å². The molecule has 0 aromatic heterocycles. The molecule has 0 saturated carbocycles. The number of amides is 1. The molecule has 0 aliphatic heterocycles. The van der Waals surface area contributed by atoms with Crippen molar-refractivity contribution in [2.24, 2.45) is 5.92 Å². The fourth-order valence-electron chi connectivity index (χ4n) is 2.84. The van der Waals surface area contributed by atoms with E-state index in [9.17, 15) is 27.5 Å². The minimum absolute atomic E-state index is 0.147. The van der Waals surface area contributed by atoms with Crippen molar-refractivity contribution in [2.45, 2.75) is 58.5 Å². The van der Waals surface area contributed by atoms with Gasteiger partial charge in [-0.25, -0.2) is 0 Å². The first-order valence-corrected chi connectivity index (χ1v) is 8.45. The molecule has 0 radical (unpaired) electrons. The van der Waals surface area contributed by atoms with Crippen molar-refractivity contribution in [3.63, 3.8) is 0 Å². The van der Waals surface area contributed by atoms with Crippen LogP contribution in [0.1, 0.15) is 45.2 Å². The summed E-state index contributed by atoms with van der Waals surface area (Å²) in [6, 6.07) is 4.31. The Labute approximate surface area is 155 Å². The van der Waals surface area contributed by atoms with Crippen LogP contribution >= 0.6 is 0 Å². The number of hydrogen-bond acceptors (Lipinski definition) is 4. The van der Waals surface area contributed by atoms with Gasteiger partial charge in [0.05, 0.1) is 24.7 Å². The molecular formula is C18H25F4NO4. The maximum atomic E-state index is 12.4. The van der Waals surface area contributed by atoms with Gasteiger partial charge in [-0.3, -0.25) is 4.79 Å². The van der Waals surface area contributed by atoms with Gasteiger partial charge in [0.15, 0.2) is 0 Å². The molecule has 2 atom stereocenters. The predicted molar refractivity (Wildman–Crippen MR) is 90.6 cm³/mol. The Morgan fingerprint density at radius 1 is 1.22 bits per heavy atom. The van der Waals surface area contributed by atoms with Crippen molar-refractivity contribution < 1.29 is 36.9 Å². The molecule has 1 amide bonds. The molecule has 0 aliphatic rings. The number of carbonyl (C=O) groups is 1. The molecule has 1 rings (SSSR count). The fraction of sp³-hybridized carbons (Fsp3) is 0.611. The minimum Gasteiger partial charge on any atom is -0.435 e. The zero-order chi connectivity index (χ0) is 20.6. The van der Waals surface area contributed by atoms with Crippen molar-refractivity contribution >= 4 is 5.91 Å². The topological polar surface area (TPSA) is 67.8 Å². The normalized spacial score (nSPS) is 15.1. The molecule has 27 heavy (non-hydrogen) atoms. The van der Waals surface area contributed by atoms with E-state index in [0.29, 0.717) is 6.42 Å². The lowest BCUT2D eigenvalue weighted by Gasteiger charge is -2.26. The molecule has 0 bridgehead atoms. The van der Waals surface area contributed by atoms with Crippen molar-refractivity contribution in [1.82, 2.24) is 5.32 Å². The summed E-state index contributed by atoms with van der Waals surface area (Å²) in [5.74, 6) is -0.608. The van der Waals surface area contributed by atoms with E-state index < -0.39 is 37.4 Å². The molecule has 154 valence electrons. The molecule has 0 saturated heterocycles. The number of benzene rings is 1. The number of aliphatic hydroxyl groups is 1. The molecular weight excluding hydrogens is 370 g/mol. The Kier molecular flexibility index (Phi) is 8.98. The average Bonchev–Trinajstić information content (AvgIpc) is 2.48. The van der Waals surface area contributed by atoms with Gasteiger partial charge in [0.2, 0.25) is 5.91 Å². The molecule has 1 aromatic carbocycles. The highest BCUT2D eigenvalue weighted by Gasteiger charge is 2.27. The lowest BCUT2D eigenvalue weighted by molar-refractivity contribution is -0.140. The Bertz CT molecular complexity index is 596. The van der Waals surface area contributed by atoms with Crippen LogP contribution in [0.4, 0.5) is 17.6 Å². The number of rotatable bonds is 11. The third kappa shape index (κ3) is 9.58. The molecule has 0 aliphatic carbocycles. The van der Waals surface area contributed by atoms with E-state index in [1.165, 1.54) is 31.2 Å². The summed E-state index contributed by atoms with van der Waals surface area (Å²) in [6.07, 6.45) is 0.125. The van der Waals surface area contributed by atoms with Gasteiger partial charge in [-0.1, -0.05) is 26.0 Å². The summed E-state index contributed by atoms with van der Waals surface area (Å²) >= 11 is 0. The molecule has 0 heterocycles. The summed E-state index contributed by atoms with van der Waals surface area (Å²) in [5.41, 5.74) is -1.02. The van der Waals surface area contributed by atoms with Crippen LogP contribution in [0, 0.1) is 5.92 Å². The molecule has 0 spiro atoms. The largest absolute Gasteiger partial charge is 0.435 e. The van der Waals surface area contributed by atoms with Crippen molar-refractivity contribution in [3.8, 4) is 5.75 Å². The molecule has 5 nitrogen and oxygen atoms in total. The second-order valence-electron chi connectivity index (χ2n) is 6.94. The SMILES string of the molecule is CC(C)C[C@](C)(O)CC(=O)N[C@@H](COC(F)F)c1cccc(OC(F)F)c1. The van der Waals surface area contributed by atoms with Crippen molar-refractivity contribution in [3.05, 3.63) is 29.8 Å². The lowest BCUT2D eigenvalue weighted by Crippen LogP contribution is -2.38. The fourth-order valence-corrected chi connectivity index (χ4v) is 2.84. The van der Waals surface area contributed by atoms with Crippen LogP contribution in [0.2, 0.25) is 0 Å². The lowest BCUT2D eigenvalue weighted by atomic mass is 9.91. The predicted octanol–water partition coefficient (Wildman–Crippen LogP) is 3.87. The highest BCUT2D eigenvalue weighted by atomic mass is 19.3. The Morgan fingerprint density at radius 2 is 1.89 bits per heavy atom. The van der Waals surface area contributed by atoms with Crippen LogP contribution in [0.15, 0.2) is 24.3 Å². The van der Waals surface area contributed by atoms with E-state index >= 15 is 0 Å². The van der Waals surface area contributed by atoms with Crippen LogP contribution in [0.3, 0.4) is 0 Å². The zero-order valence-corrected chi connectivity index (χ0v) is 15.4. The Hall–Kier alpha value is -1.87. The van der Waals surface area contributed by atoms with Gasteiger partial charge in [0.25, 0.3) is 0 Å². The highest BCUT2D eigenvalue weighted by molar-refractivity contribution is 5.77. The van der Waals surface area contributed by atoms with Gasteiger partial charge in [-0.2, -0.15) is 17.6 Å². The van der Waals surface area contributed by atoms with Crippen LogP contribution in [0.25, 0.3) is 0 Å². The third-order valence-corrected chi connectivity index (χ3v) is 3.60. The summed E-state index contributed by atoms with van der Waals surface area (Å²) in [5, 5.41) is 12.8. The van der Waals surface area contributed by atoms with Gasteiger partial charge in [-0.15, -0.1) is 0 Å². The number of hydrogen-bond donors (Lipinski definition) is 2. The van der Waals surface area contributed by atoms with E-state index in [-0.39, 0.29) is 23.7 Å². The second kappa shape index (κ2) is 10.5. The zero-order valence-electron chi connectivity index (χ0n) is 15.4.